The van der Waals surface area contributed by atoms with E-state index in [-0.39, 0.29) is 6.92 Å². The fraction of sp³-hybridized carbons (Fsp3) is 0. The van der Waals surface area contributed by atoms with Crippen LogP contribution in [-0.4, -0.2) is 11.5 Å². The fourth-order valence-electron chi connectivity index (χ4n) is 6.52. The van der Waals surface area contributed by atoms with Gasteiger partial charge in [-0.15, -0.1) is 0 Å². The van der Waals surface area contributed by atoms with Gasteiger partial charge < -0.3 is 14.0 Å². The first-order valence-electron chi connectivity index (χ1n) is 13.6. The number of rotatable bonds is 2. The van der Waals surface area contributed by atoms with Crippen molar-refractivity contribution in [1.29, 1.82) is 0 Å². The Hall–Kier alpha value is -5.22. The van der Waals surface area contributed by atoms with Crippen molar-refractivity contribution in [3.63, 3.8) is 0 Å². The molecule has 0 aliphatic carbocycles. The largest absolute Gasteiger partial charge is 0.551 e. The molecule has 0 spiro atoms. The van der Waals surface area contributed by atoms with E-state index in [9.17, 15) is 0 Å². The highest BCUT2D eigenvalue weighted by atomic mass is 16.5. The van der Waals surface area contributed by atoms with Crippen molar-refractivity contribution in [3.05, 3.63) is 133 Å². The molecule has 1 aromatic heterocycles. The van der Waals surface area contributed by atoms with Crippen LogP contribution in [0, 0.1) is 0 Å². The molecule has 0 atom stereocenters. The Morgan fingerprint density at radius 1 is 0.525 bits per heavy atom. The molecule has 0 fully saturated rings. The summed E-state index contributed by atoms with van der Waals surface area (Å²) in [6.07, 6.45) is 0. The third-order valence-corrected chi connectivity index (χ3v) is 8.29. The highest BCUT2D eigenvalue weighted by molar-refractivity contribution is 6.84. The van der Waals surface area contributed by atoms with Crippen molar-refractivity contribution in [2.24, 2.45) is 0 Å². The Balaban J connectivity index is 1.27. The maximum absolute atomic E-state index is 6.89. The van der Waals surface area contributed by atoms with E-state index in [4.69, 9.17) is 9.39 Å². The molecule has 40 heavy (non-hydrogen) atoms. The van der Waals surface area contributed by atoms with Crippen LogP contribution >= 0.6 is 0 Å². The second-order valence-corrected chi connectivity index (χ2v) is 10.5. The molecule has 3 heterocycles. The van der Waals surface area contributed by atoms with Gasteiger partial charge in [0.05, 0.1) is 16.7 Å². The van der Waals surface area contributed by atoms with Gasteiger partial charge in [0.15, 0.2) is 0 Å². The molecule has 186 valence electrons. The van der Waals surface area contributed by atoms with Gasteiger partial charge in [-0.05, 0) is 47.0 Å². The molecule has 3 nitrogen and oxygen atoms in total. The van der Waals surface area contributed by atoms with E-state index in [1.165, 1.54) is 16.3 Å². The molecule has 0 saturated heterocycles. The van der Waals surface area contributed by atoms with Gasteiger partial charge in [0.2, 0.25) is 0 Å². The molecule has 0 bridgehead atoms. The number of nitrogens with zero attached hydrogens (tertiary/aromatic N) is 1. The molecule has 0 unspecified atom stereocenters. The van der Waals surface area contributed by atoms with E-state index in [1.54, 1.807) is 0 Å². The first kappa shape index (κ1) is 21.7. The van der Waals surface area contributed by atoms with E-state index in [0.717, 1.165) is 61.6 Å². The first-order valence-corrected chi connectivity index (χ1v) is 13.6. The van der Waals surface area contributed by atoms with Crippen LogP contribution in [0.4, 0.5) is 0 Å². The number of benzene rings is 6. The quantitative estimate of drug-likeness (QED) is 0.222. The molecular weight excluding hydrogens is 489 g/mol. The van der Waals surface area contributed by atoms with Crippen LogP contribution in [0.25, 0.3) is 49.7 Å². The Labute approximate surface area is 232 Å². The predicted octanol–water partition coefficient (Wildman–Crippen LogP) is 7.72. The molecule has 0 N–H and O–H groups in total. The predicted molar refractivity (Wildman–Crippen MR) is 164 cm³/mol. The summed E-state index contributed by atoms with van der Waals surface area (Å²) in [6, 6.07) is 46.9. The minimum atomic E-state index is -0.262. The van der Waals surface area contributed by atoms with Crippen molar-refractivity contribution in [3.8, 4) is 45.2 Å². The van der Waals surface area contributed by atoms with Gasteiger partial charge >= 0.3 is 6.92 Å². The van der Waals surface area contributed by atoms with Crippen LogP contribution in [-0.2, 0) is 0 Å². The van der Waals surface area contributed by atoms with Gasteiger partial charge in [-0.3, -0.25) is 0 Å². The number of para-hydroxylation sites is 3. The number of hydrogen-bond acceptors (Lipinski definition) is 2. The first-order chi connectivity index (χ1) is 19.8. The topological polar surface area (TPSA) is 23.4 Å². The van der Waals surface area contributed by atoms with Gasteiger partial charge in [0.1, 0.15) is 17.2 Å². The summed E-state index contributed by atoms with van der Waals surface area (Å²) in [5.41, 5.74) is 10.0. The molecule has 2 aliphatic rings. The molecule has 2 aliphatic heterocycles. The maximum Gasteiger partial charge on any atom is 0.434 e. The zero-order valence-electron chi connectivity index (χ0n) is 21.5. The third-order valence-electron chi connectivity index (χ3n) is 8.29. The molecule has 9 rings (SSSR count). The smallest absolute Gasteiger partial charge is 0.434 e. The SMILES string of the molecule is c1ccc(-c2ccc3c(c2)OB2c4cccc(-n5c6ccccc6c6ccccc65)c4Oc4cccc-3c42)cc1. The normalized spacial score (nSPS) is 12.8. The lowest BCUT2D eigenvalue weighted by molar-refractivity contribution is 0.477. The Morgan fingerprint density at radius 3 is 2.05 bits per heavy atom. The summed E-state index contributed by atoms with van der Waals surface area (Å²) in [4.78, 5) is 0. The summed E-state index contributed by atoms with van der Waals surface area (Å²) < 4.78 is 16.0. The van der Waals surface area contributed by atoms with Crippen molar-refractivity contribution in [2.45, 2.75) is 0 Å². The standard InChI is InChI=1S/C36H22BNO2/c1-2-10-23(11-3-1)24-20-21-27-28-14-8-19-33-35(28)37(40-34(27)22-24)29-15-9-18-32(36(29)39-33)38-30-16-6-4-12-25(30)26-13-5-7-17-31(26)38/h1-22H. The minimum absolute atomic E-state index is 0.262. The molecule has 4 heteroatoms. The van der Waals surface area contributed by atoms with E-state index in [1.807, 2.05) is 6.07 Å². The second-order valence-electron chi connectivity index (χ2n) is 10.5. The van der Waals surface area contributed by atoms with Crippen LogP contribution < -0.4 is 20.3 Å². The van der Waals surface area contributed by atoms with Crippen LogP contribution in [0.15, 0.2) is 133 Å². The highest BCUT2D eigenvalue weighted by Gasteiger charge is 2.41. The Kier molecular flexibility index (Phi) is 4.41. The Bertz CT molecular complexity index is 2080. The lowest BCUT2D eigenvalue weighted by atomic mass is 9.51. The van der Waals surface area contributed by atoms with Crippen molar-refractivity contribution < 1.29 is 9.39 Å². The van der Waals surface area contributed by atoms with Gasteiger partial charge in [-0.2, -0.15) is 0 Å². The van der Waals surface area contributed by atoms with Gasteiger partial charge in [-0.25, -0.2) is 0 Å². The average Bonchev–Trinajstić information content (AvgIpc) is 3.35. The summed E-state index contributed by atoms with van der Waals surface area (Å²) in [5.74, 6) is 2.58. The van der Waals surface area contributed by atoms with E-state index in [0.29, 0.717) is 0 Å². The summed E-state index contributed by atoms with van der Waals surface area (Å²) in [5, 5.41) is 2.45. The average molecular weight is 511 g/mol. The van der Waals surface area contributed by atoms with Gasteiger partial charge in [0, 0.05) is 27.3 Å². The number of hydrogen-bond donors (Lipinski definition) is 0. The Morgan fingerprint density at radius 2 is 1.25 bits per heavy atom. The van der Waals surface area contributed by atoms with Crippen molar-refractivity contribution >= 4 is 39.6 Å². The summed E-state index contributed by atoms with van der Waals surface area (Å²) in [6.45, 7) is -0.262. The zero-order chi connectivity index (χ0) is 26.2. The third kappa shape index (κ3) is 2.96. The van der Waals surface area contributed by atoms with Crippen LogP contribution in [0.2, 0.25) is 0 Å². The fourth-order valence-corrected chi connectivity index (χ4v) is 6.52. The highest BCUT2D eigenvalue weighted by Crippen LogP contribution is 2.43. The van der Waals surface area contributed by atoms with Crippen LogP contribution in [0.1, 0.15) is 0 Å². The summed E-state index contributed by atoms with van der Waals surface area (Å²) >= 11 is 0. The second kappa shape index (κ2) is 8.14. The number of aromatic nitrogens is 1. The monoisotopic (exact) mass is 511 g/mol. The van der Waals surface area contributed by atoms with Gasteiger partial charge in [-0.1, -0.05) is 103 Å². The molecule has 7 aromatic rings. The number of ether oxygens (including phenoxy) is 1. The zero-order valence-corrected chi connectivity index (χ0v) is 21.5. The minimum Gasteiger partial charge on any atom is -0.551 e. The molecule has 0 saturated carbocycles. The van der Waals surface area contributed by atoms with Crippen LogP contribution in [0.5, 0.6) is 17.2 Å². The lowest BCUT2D eigenvalue weighted by Crippen LogP contribution is -2.53. The van der Waals surface area contributed by atoms with Gasteiger partial charge in [0.25, 0.3) is 0 Å². The van der Waals surface area contributed by atoms with Crippen molar-refractivity contribution in [1.82, 2.24) is 4.57 Å². The lowest BCUT2D eigenvalue weighted by Gasteiger charge is -2.33. The maximum atomic E-state index is 6.89. The molecule has 0 radical (unpaired) electrons. The van der Waals surface area contributed by atoms with E-state index < -0.39 is 0 Å². The van der Waals surface area contributed by atoms with Crippen LogP contribution in [0.3, 0.4) is 0 Å². The van der Waals surface area contributed by atoms with E-state index >= 15 is 0 Å². The molecular formula is C36H22BNO2. The molecule has 6 aromatic carbocycles. The van der Waals surface area contributed by atoms with E-state index in [2.05, 4.69) is 132 Å². The summed E-state index contributed by atoms with van der Waals surface area (Å²) in [7, 11) is 0. The molecule has 0 amide bonds. The van der Waals surface area contributed by atoms with Crippen molar-refractivity contribution in [2.75, 3.05) is 0 Å². The number of fused-ring (bicyclic) bond motifs is 7.